The number of carbonyl (C=O) groups excluding carboxylic acids is 1. The second-order valence-electron chi connectivity index (χ2n) is 8.33. The van der Waals surface area contributed by atoms with Crippen LogP contribution in [0, 0.1) is 13.8 Å². The van der Waals surface area contributed by atoms with Crippen molar-refractivity contribution in [2.75, 3.05) is 5.32 Å². The minimum Gasteiger partial charge on any atom is -0.457 e. The molecule has 2 aromatic heterocycles. The van der Waals surface area contributed by atoms with Crippen LogP contribution in [0.1, 0.15) is 16.9 Å². The molecule has 1 N–H and O–H groups in total. The normalized spacial score (nSPS) is 11.5. The molecular weight excluding hydrogens is 519 g/mol. The quantitative estimate of drug-likeness (QED) is 0.227. The van der Waals surface area contributed by atoms with Crippen molar-refractivity contribution in [1.29, 1.82) is 0 Å². The van der Waals surface area contributed by atoms with Crippen LogP contribution in [0.25, 0.3) is 40.0 Å². The smallest absolute Gasteiger partial charge is 0.248 e. The zero-order chi connectivity index (χ0) is 25.4. The first-order chi connectivity index (χ1) is 17.2. The van der Waals surface area contributed by atoms with Gasteiger partial charge in [0.2, 0.25) is 11.8 Å². The minimum absolute atomic E-state index is 0.373. The van der Waals surface area contributed by atoms with Gasteiger partial charge in [-0.3, -0.25) is 4.79 Å². The van der Waals surface area contributed by atoms with Crippen LogP contribution < -0.4 is 5.32 Å². The summed E-state index contributed by atoms with van der Waals surface area (Å²) in [6.07, 6.45) is 2.93. The minimum atomic E-state index is -0.373. The van der Waals surface area contributed by atoms with Crippen LogP contribution in [0.4, 0.5) is 5.69 Å². The van der Waals surface area contributed by atoms with Crippen molar-refractivity contribution in [3.8, 4) is 22.8 Å². The van der Waals surface area contributed by atoms with Crippen molar-refractivity contribution in [3.63, 3.8) is 0 Å². The second-order valence-corrected chi connectivity index (χ2v) is 9.61. The number of anilines is 1. The van der Waals surface area contributed by atoms with Gasteiger partial charge in [0.25, 0.3) is 0 Å². The molecule has 0 saturated heterocycles. The summed E-state index contributed by atoms with van der Waals surface area (Å²) in [5.74, 6) is 1.15. The van der Waals surface area contributed by atoms with E-state index in [2.05, 4.69) is 10.3 Å². The Morgan fingerprint density at radius 3 is 2.44 bits per heavy atom. The molecule has 0 aliphatic carbocycles. The number of fused-ring (bicyclic) bond motifs is 1. The lowest BCUT2D eigenvalue weighted by atomic mass is 10.1. The third-order valence-corrected chi connectivity index (χ3v) is 6.23. The van der Waals surface area contributed by atoms with Crippen molar-refractivity contribution in [1.82, 2.24) is 4.98 Å². The molecule has 3 aromatic carbocycles. The number of nitrogens with one attached hydrogen (secondary N) is 1. The van der Waals surface area contributed by atoms with E-state index in [-0.39, 0.29) is 5.91 Å². The summed E-state index contributed by atoms with van der Waals surface area (Å²) in [5, 5.41) is 4.20. The van der Waals surface area contributed by atoms with Gasteiger partial charge in [-0.1, -0.05) is 40.9 Å². The number of furan rings is 1. The third kappa shape index (κ3) is 5.19. The summed E-state index contributed by atoms with van der Waals surface area (Å²) in [5.41, 5.74) is 5.51. The molecule has 36 heavy (non-hydrogen) atoms. The zero-order valence-electron chi connectivity index (χ0n) is 19.2. The number of carbonyl (C=O) groups is 1. The van der Waals surface area contributed by atoms with Gasteiger partial charge in [-0.15, -0.1) is 0 Å². The van der Waals surface area contributed by atoms with Crippen molar-refractivity contribution < 1.29 is 13.6 Å². The Bertz CT molecular complexity index is 1630. The Morgan fingerprint density at radius 2 is 1.67 bits per heavy atom. The molecular formula is C28H19Cl3N2O3. The van der Waals surface area contributed by atoms with E-state index in [4.69, 9.17) is 43.6 Å². The number of aromatic nitrogens is 1. The van der Waals surface area contributed by atoms with Gasteiger partial charge in [-0.2, -0.15) is 0 Å². The standard InChI is InChI=1S/C28H19Cl3N2O3/c1-15-9-16(2)27-24(10-15)33-28(36-27)17-3-6-22(31)23(13-17)32-26(34)8-5-21-4-7-25(35-21)18-11-19(29)14-20(30)12-18/h3-14H,1-2H3,(H,32,34)/b8-5+. The average Bonchev–Trinajstić information content (AvgIpc) is 3.46. The molecule has 0 spiro atoms. The first kappa shape index (κ1) is 24.2. The fourth-order valence-electron chi connectivity index (χ4n) is 3.88. The van der Waals surface area contributed by atoms with Crippen LogP contribution in [0.5, 0.6) is 0 Å². The number of halogens is 3. The number of amides is 1. The van der Waals surface area contributed by atoms with E-state index in [1.165, 1.54) is 6.08 Å². The van der Waals surface area contributed by atoms with Gasteiger partial charge < -0.3 is 14.2 Å². The maximum absolute atomic E-state index is 12.6. The fraction of sp³-hybridized carbons (Fsp3) is 0.0714. The monoisotopic (exact) mass is 536 g/mol. The highest BCUT2D eigenvalue weighted by Crippen LogP contribution is 2.32. The summed E-state index contributed by atoms with van der Waals surface area (Å²) in [7, 11) is 0. The van der Waals surface area contributed by atoms with Gasteiger partial charge in [0.1, 0.15) is 17.0 Å². The lowest BCUT2D eigenvalue weighted by Crippen LogP contribution is -2.08. The molecule has 0 saturated carbocycles. The van der Waals surface area contributed by atoms with Crippen molar-refractivity contribution in [2.24, 2.45) is 0 Å². The molecule has 1 amide bonds. The van der Waals surface area contributed by atoms with Gasteiger partial charge in [0.15, 0.2) is 5.58 Å². The highest BCUT2D eigenvalue weighted by Gasteiger charge is 2.13. The first-order valence-corrected chi connectivity index (χ1v) is 12.1. The van der Waals surface area contributed by atoms with E-state index in [0.29, 0.717) is 43.7 Å². The number of oxazole rings is 1. The molecule has 0 aliphatic rings. The third-order valence-electron chi connectivity index (χ3n) is 5.46. The van der Waals surface area contributed by atoms with Gasteiger partial charge in [0, 0.05) is 27.2 Å². The first-order valence-electron chi connectivity index (χ1n) is 11.0. The molecule has 5 nitrogen and oxygen atoms in total. The fourth-order valence-corrected chi connectivity index (χ4v) is 4.57. The molecule has 5 aromatic rings. The van der Waals surface area contributed by atoms with E-state index in [0.717, 1.165) is 27.8 Å². The highest BCUT2D eigenvalue weighted by molar-refractivity contribution is 6.35. The summed E-state index contributed by atoms with van der Waals surface area (Å²) < 4.78 is 11.8. The van der Waals surface area contributed by atoms with Crippen LogP contribution in [0.2, 0.25) is 15.1 Å². The second kappa shape index (κ2) is 9.86. The highest BCUT2D eigenvalue weighted by atomic mass is 35.5. The molecule has 0 atom stereocenters. The summed E-state index contributed by atoms with van der Waals surface area (Å²) in [6.45, 7) is 4.00. The number of benzene rings is 3. The lowest BCUT2D eigenvalue weighted by molar-refractivity contribution is -0.111. The van der Waals surface area contributed by atoms with Crippen molar-refractivity contribution >= 4 is 63.6 Å². The van der Waals surface area contributed by atoms with E-state index < -0.39 is 0 Å². The van der Waals surface area contributed by atoms with E-state index in [1.807, 2.05) is 26.0 Å². The molecule has 0 unspecified atom stereocenters. The molecule has 2 heterocycles. The largest absolute Gasteiger partial charge is 0.457 e. The lowest BCUT2D eigenvalue weighted by Gasteiger charge is -2.06. The zero-order valence-corrected chi connectivity index (χ0v) is 21.5. The SMILES string of the molecule is Cc1cc(C)c2oc(-c3ccc(Cl)c(NC(=O)/C=C/c4ccc(-c5cc(Cl)cc(Cl)c5)o4)c3)nc2c1. The predicted molar refractivity (Wildman–Crippen MR) is 146 cm³/mol. The maximum Gasteiger partial charge on any atom is 0.248 e. The molecule has 5 rings (SSSR count). The molecule has 8 heteroatoms. The van der Waals surface area contributed by atoms with Crippen LogP contribution >= 0.6 is 34.8 Å². The molecule has 0 radical (unpaired) electrons. The molecule has 180 valence electrons. The number of hydrogen-bond acceptors (Lipinski definition) is 4. The molecule has 0 aliphatic heterocycles. The number of hydrogen-bond donors (Lipinski definition) is 1. The number of rotatable bonds is 5. The topological polar surface area (TPSA) is 68.3 Å². The summed E-state index contributed by atoms with van der Waals surface area (Å²) >= 11 is 18.5. The number of nitrogens with zero attached hydrogens (tertiary/aromatic N) is 1. The predicted octanol–water partition coefficient (Wildman–Crippen LogP) is 8.98. The van der Waals surface area contributed by atoms with Crippen LogP contribution in [-0.2, 0) is 4.79 Å². The Kier molecular flexibility index (Phi) is 6.63. The van der Waals surface area contributed by atoms with E-state index in [9.17, 15) is 4.79 Å². The Hall–Kier alpha value is -3.51. The molecule has 0 fully saturated rings. The Morgan fingerprint density at radius 1 is 0.889 bits per heavy atom. The van der Waals surface area contributed by atoms with Gasteiger partial charge in [0.05, 0.1) is 10.7 Å². The number of aryl methyl sites for hydroxylation is 2. The van der Waals surface area contributed by atoms with E-state index >= 15 is 0 Å². The van der Waals surface area contributed by atoms with Crippen LogP contribution in [0.15, 0.2) is 75.6 Å². The van der Waals surface area contributed by atoms with Gasteiger partial charge in [-0.05, 0) is 85.6 Å². The average molecular weight is 538 g/mol. The van der Waals surface area contributed by atoms with Crippen molar-refractivity contribution in [2.45, 2.75) is 13.8 Å². The Labute approximate surface area is 222 Å². The van der Waals surface area contributed by atoms with Gasteiger partial charge >= 0.3 is 0 Å². The maximum atomic E-state index is 12.6. The summed E-state index contributed by atoms with van der Waals surface area (Å²) in [4.78, 5) is 17.2. The van der Waals surface area contributed by atoms with E-state index in [1.54, 1.807) is 54.6 Å². The Balaban J connectivity index is 1.33. The molecule has 0 bridgehead atoms. The van der Waals surface area contributed by atoms with Crippen LogP contribution in [-0.4, -0.2) is 10.9 Å². The van der Waals surface area contributed by atoms with Crippen molar-refractivity contribution in [3.05, 3.63) is 98.7 Å². The van der Waals surface area contributed by atoms with Gasteiger partial charge in [-0.25, -0.2) is 4.98 Å². The summed E-state index contributed by atoms with van der Waals surface area (Å²) in [6, 6.07) is 17.9. The van der Waals surface area contributed by atoms with Crippen LogP contribution in [0.3, 0.4) is 0 Å².